The molecule has 2 heterocycles. The summed E-state index contributed by atoms with van der Waals surface area (Å²) in [6, 6.07) is 1.15. The number of aliphatic hydroxyl groups excluding tert-OH is 2. The highest BCUT2D eigenvalue weighted by molar-refractivity contribution is 5.99. The summed E-state index contributed by atoms with van der Waals surface area (Å²) in [7, 11) is 3.33. The number of likely N-dealkylation sites (tertiary alicyclic amines) is 1. The van der Waals surface area contributed by atoms with E-state index in [1.165, 1.54) is 13.2 Å². The summed E-state index contributed by atoms with van der Waals surface area (Å²) in [6.45, 7) is 3.25. The molecule has 1 fully saturated rings. The zero-order valence-electron chi connectivity index (χ0n) is 16.5. The van der Waals surface area contributed by atoms with E-state index in [0.717, 1.165) is 19.5 Å². The van der Waals surface area contributed by atoms with Crippen LogP contribution in [0, 0.1) is 18.3 Å². The number of hydrogen-bond acceptors (Lipinski definition) is 8. The molecule has 2 amide bonds. The van der Waals surface area contributed by atoms with E-state index in [2.05, 4.69) is 33.4 Å². The number of nitrogen functional groups attached to an aromatic ring is 1. The topological polar surface area (TPSA) is 157 Å². The van der Waals surface area contributed by atoms with Crippen LogP contribution in [0.15, 0.2) is 6.07 Å². The number of aromatic nitrogens is 1. The van der Waals surface area contributed by atoms with Gasteiger partial charge in [0.25, 0.3) is 0 Å². The van der Waals surface area contributed by atoms with Gasteiger partial charge in [-0.1, -0.05) is 0 Å². The number of hydrogen-bond donors (Lipinski definition) is 6. The fraction of sp³-hybridized carbons (Fsp3) is 0.500. The molecule has 1 aliphatic heterocycles. The van der Waals surface area contributed by atoms with E-state index in [9.17, 15) is 9.90 Å². The highest BCUT2D eigenvalue weighted by atomic mass is 16.5. The molecule has 1 aromatic heterocycles. The maximum absolute atomic E-state index is 12.0. The lowest BCUT2D eigenvalue weighted by atomic mass is 10.1. The lowest BCUT2D eigenvalue weighted by Crippen LogP contribution is -2.39. The van der Waals surface area contributed by atoms with Crippen molar-refractivity contribution < 1.29 is 19.7 Å². The predicted molar refractivity (Wildman–Crippen MR) is 109 cm³/mol. The molecule has 2 rings (SSSR count). The number of pyridine rings is 1. The van der Waals surface area contributed by atoms with Gasteiger partial charge in [-0.05, 0) is 26.9 Å². The van der Waals surface area contributed by atoms with Crippen LogP contribution in [0.4, 0.5) is 16.3 Å². The predicted octanol–water partition coefficient (Wildman–Crippen LogP) is 0.201. The van der Waals surface area contributed by atoms with Crippen molar-refractivity contribution in [2.75, 3.05) is 44.9 Å². The molecule has 0 aliphatic carbocycles. The average Bonchev–Trinajstić information content (AvgIpc) is 3.07. The van der Waals surface area contributed by atoms with E-state index in [4.69, 9.17) is 21.0 Å². The third-order valence-electron chi connectivity index (χ3n) is 3.67. The Bertz CT molecular complexity index is 665. The minimum atomic E-state index is -0.421. The van der Waals surface area contributed by atoms with Crippen molar-refractivity contribution in [3.05, 3.63) is 17.3 Å². The molecular weight excluding hydrogens is 364 g/mol. The second-order valence-electron chi connectivity index (χ2n) is 5.77. The maximum atomic E-state index is 12.0. The van der Waals surface area contributed by atoms with Gasteiger partial charge in [-0.25, -0.2) is 9.78 Å². The van der Waals surface area contributed by atoms with Crippen LogP contribution in [0.25, 0.3) is 0 Å². The van der Waals surface area contributed by atoms with Gasteiger partial charge in [-0.15, -0.1) is 12.8 Å². The van der Waals surface area contributed by atoms with E-state index < -0.39 is 6.61 Å². The molecule has 156 valence electrons. The minimum absolute atomic E-state index is 0.0931. The number of rotatable bonds is 4. The summed E-state index contributed by atoms with van der Waals surface area (Å²) in [5, 5.41) is 30.1. The Morgan fingerprint density at radius 2 is 2.11 bits per heavy atom. The summed E-state index contributed by atoms with van der Waals surface area (Å²) < 4.78 is 4.83. The normalized spacial score (nSPS) is 15.3. The quantitative estimate of drug-likeness (QED) is 0.242. The number of aliphatic hydroxyl groups is 2. The molecule has 0 aromatic carbocycles. The summed E-state index contributed by atoms with van der Waals surface area (Å²) in [5.74, 6) is 0.0205. The SMILES string of the molecule is C#C.CCO.COC(=N)c1c(N)cc(NC(=O)N[C@H]2CCN(C)C2)nc1CO. The number of nitrogens with two attached hydrogens (primary N) is 1. The van der Waals surface area contributed by atoms with Gasteiger partial charge in [0.2, 0.25) is 5.90 Å². The van der Waals surface area contributed by atoms with Gasteiger partial charge >= 0.3 is 6.03 Å². The van der Waals surface area contributed by atoms with Crippen molar-refractivity contribution in [2.45, 2.75) is 26.0 Å². The molecule has 0 saturated carbocycles. The first-order chi connectivity index (χ1) is 13.4. The molecule has 10 nitrogen and oxygen atoms in total. The Labute approximate surface area is 165 Å². The van der Waals surface area contributed by atoms with Crippen molar-refractivity contribution in [1.82, 2.24) is 15.2 Å². The van der Waals surface area contributed by atoms with Crippen LogP contribution >= 0.6 is 0 Å². The van der Waals surface area contributed by atoms with Gasteiger partial charge < -0.3 is 30.9 Å². The Hall–Kier alpha value is -2.87. The molecule has 1 atom stereocenters. The third-order valence-corrected chi connectivity index (χ3v) is 3.67. The standard InChI is InChI=1S/C14H22N6O3.C2H6O.C2H2/c1-20-4-3-8(6-20)17-14(22)19-11-5-9(15)12(13(16)23-2)10(7-21)18-11;1-2-3;1-2/h5,8,16,21H,3-4,6-7H2,1-2H3,(H4,15,17,18,19,22);3H,2H2,1H3;1-2H/t8-;;/m0../s1. The largest absolute Gasteiger partial charge is 0.481 e. The third kappa shape index (κ3) is 7.79. The van der Waals surface area contributed by atoms with Gasteiger partial charge in [0.1, 0.15) is 5.82 Å². The zero-order valence-corrected chi connectivity index (χ0v) is 16.5. The molecule has 28 heavy (non-hydrogen) atoms. The van der Waals surface area contributed by atoms with Crippen LogP contribution in [0.2, 0.25) is 0 Å². The highest BCUT2D eigenvalue weighted by Crippen LogP contribution is 2.21. The molecule has 0 radical (unpaired) electrons. The second-order valence-corrected chi connectivity index (χ2v) is 5.77. The molecule has 0 unspecified atom stereocenters. The average molecular weight is 394 g/mol. The Morgan fingerprint density at radius 3 is 2.57 bits per heavy atom. The Kier molecular flexibility index (Phi) is 12.0. The van der Waals surface area contributed by atoms with Gasteiger partial charge in [-0.3, -0.25) is 10.7 Å². The summed E-state index contributed by atoms with van der Waals surface area (Å²) in [4.78, 5) is 18.3. The summed E-state index contributed by atoms with van der Waals surface area (Å²) >= 11 is 0. The molecule has 0 bridgehead atoms. The zero-order chi connectivity index (χ0) is 21.7. The van der Waals surface area contributed by atoms with Gasteiger partial charge in [-0.2, -0.15) is 0 Å². The van der Waals surface area contributed by atoms with Crippen LogP contribution in [0.1, 0.15) is 24.6 Å². The highest BCUT2D eigenvalue weighted by Gasteiger charge is 2.22. The van der Waals surface area contributed by atoms with Crippen LogP contribution < -0.4 is 16.4 Å². The molecular formula is C18H30N6O4. The van der Waals surface area contributed by atoms with E-state index in [-0.39, 0.29) is 47.3 Å². The maximum Gasteiger partial charge on any atom is 0.320 e. The number of nitrogens with zero attached hydrogens (tertiary/aromatic N) is 2. The number of carbonyl (C=O) groups excluding carboxylic acids is 1. The molecule has 1 aromatic rings. The molecule has 7 N–H and O–H groups in total. The minimum Gasteiger partial charge on any atom is -0.481 e. The smallest absolute Gasteiger partial charge is 0.320 e. The first-order valence-electron chi connectivity index (χ1n) is 8.59. The van der Waals surface area contributed by atoms with Crippen molar-refractivity contribution in [3.63, 3.8) is 0 Å². The van der Waals surface area contributed by atoms with Gasteiger partial charge in [0.15, 0.2) is 0 Å². The number of ether oxygens (including phenoxy) is 1. The number of anilines is 2. The number of likely N-dealkylation sites (N-methyl/N-ethyl adjacent to an activating group) is 1. The van der Waals surface area contributed by atoms with E-state index >= 15 is 0 Å². The van der Waals surface area contributed by atoms with Crippen LogP contribution in [-0.2, 0) is 11.3 Å². The van der Waals surface area contributed by atoms with E-state index in [0.29, 0.717) is 0 Å². The summed E-state index contributed by atoms with van der Waals surface area (Å²) in [6.07, 6.45) is 8.89. The number of urea groups is 1. The lowest BCUT2D eigenvalue weighted by Gasteiger charge is -2.15. The Balaban J connectivity index is 0.00000133. The van der Waals surface area contributed by atoms with Crippen LogP contribution in [0.5, 0.6) is 0 Å². The monoisotopic (exact) mass is 394 g/mol. The number of carbonyl (C=O) groups is 1. The number of nitrogens with one attached hydrogen (secondary N) is 3. The lowest BCUT2D eigenvalue weighted by molar-refractivity contribution is 0.248. The van der Waals surface area contributed by atoms with Gasteiger partial charge in [0, 0.05) is 30.9 Å². The number of methoxy groups -OCH3 is 1. The summed E-state index contributed by atoms with van der Waals surface area (Å²) in [5.41, 5.74) is 6.48. The fourth-order valence-electron chi connectivity index (χ4n) is 2.55. The van der Waals surface area contributed by atoms with Crippen LogP contribution in [-0.4, -0.2) is 71.9 Å². The van der Waals surface area contributed by atoms with Gasteiger partial charge in [0.05, 0.1) is 25.0 Å². The van der Waals surface area contributed by atoms with Crippen molar-refractivity contribution in [1.29, 1.82) is 5.41 Å². The van der Waals surface area contributed by atoms with Crippen molar-refractivity contribution in [3.8, 4) is 12.8 Å². The Morgan fingerprint density at radius 1 is 1.50 bits per heavy atom. The fourth-order valence-corrected chi connectivity index (χ4v) is 2.55. The van der Waals surface area contributed by atoms with Crippen molar-refractivity contribution >= 4 is 23.4 Å². The van der Waals surface area contributed by atoms with E-state index in [1.54, 1.807) is 6.92 Å². The molecule has 10 heteroatoms. The molecule has 1 aliphatic rings. The first-order valence-corrected chi connectivity index (χ1v) is 8.59. The number of terminal acetylenes is 1. The molecule has 0 spiro atoms. The second kappa shape index (κ2) is 13.3. The number of amides is 2. The first kappa shape index (κ1) is 25.1. The van der Waals surface area contributed by atoms with E-state index in [1.807, 2.05) is 7.05 Å². The molecule has 1 saturated heterocycles. The van der Waals surface area contributed by atoms with Crippen LogP contribution in [0.3, 0.4) is 0 Å². The van der Waals surface area contributed by atoms with Crippen molar-refractivity contribution in [2.24, 2.45) is 0 Å².